The highest BCUT2D eigenvalue weighted by molar-refractivity contribution is 5.82. The van der Waals surface area contributed by atoms with Gasteiger partial charge in [0, 0.05) is 11.1 Å². The molecule has 0 spiro atoms. The Morgan fingerprint density at radius 1 is 0.692 bits per heavy atom. The molecule has 0 amide bonds. The topological polar surface area (TPSA) is 12.9 Å². The molecule has 0 saturated carbocycles. The summed E-state index contributed by atoms with van der Waals surface area (Å²) < 4.78 is 0. The van der Waals surface area contributed by atoms with Gasteiger partial charge in [0.1, 0.15) is 0 Å². The number of aromatic nitrogens is 1. The minimum Gasteiger partial charge on any atom is -0.253 e. The summed E-state index contributed by atoms with van der Waals surface area (Å²) in [6.45, 7) is 9.26. The zero-order chi connectivity index (χ0) is 18.8. The lowest BCUT2D eigenvalue weighted by atomic mass is 9.99. The van der Waals surface area contributed by atoms with Crippen LogP contribution in [0.4, 0.5) is 0 Å². The first-order chi connectivity index (χ1) is 12.6. The van der Waals surface area contributed by atoms with Crippen molar-refractivity contribution in [1.29, 1.82) is 0 Å². The van der Waals surface area contributed by atoms with Crippen molar-refractivity contribution >= 4 is 10.9 Å². The average Bonchev–Trinajstić information content (AvgIpc) is 2.60. The Bertz CT molecular complexity index is 642. The summed E-state index contributed by atoms with van der Waals surface area (Å²) >= 11 is 0. The number of hydrogen-bond acceptors (Lipinski definition) is 1. The van der Waals surface area contributed by atoms with Crippen molar-refractivity contribution < 1.29 is 0 Å². The fourth-order valence-corrected chi connectivity index (χ4v) is 3.70. The Hall–Kier alpha value is -1.37. The first kappa shape index (κ1) is 20.9. The lowest BCUT2D eigenvalue weighted by Gasteiger charge is -2.09. The van der Waals surface area contributed by atoms with E-state index in [1.54, 1.807) is 0 Å². The van der Waals surface area contributed by atoms with E-state index in [0.717, 1.165) is 18.3 Å². The minimum absolute atomic E-state index is 0.831. The molecule has 1 nitrogen and oxygen atoms in total. The largest absolute Gasteiger partial charge is 0.253 e. The normalized spacial score (nSPS) is 11.8. The summed E-state index contributed by atoms with van der Waals surface area (Å²) in [6.07, 6.45) is 13.0. The monoisotopic (exact) mass is 353 g/mol. The van der Waals surface area contributed by atoms with E-state index in [2.05, 4.69) is 58.0 Å². The highest BCUT2D eigenvalue weighted by Gasteiger charge is 2.04. The van der Waals surface area contributed by atoms with Crippen LogP contribution in [0.15, 0.2) is 30.3 Å². The Kier molecular flexibility index (Phi) is 9.15. The zero-order valence-electron chi connectivity index (χ0n) is 17.6. The Morgan fingerprint density at radius 2 is 1.35 bits per heavy atom. The van der Waals surface area contributed by atoms with Crippen molar-refractivity contribution in [3.8, 4) is 0 Å². The van der Waals surface area contributed by atoms with Crippen LogP contribution in [-0.4, -0.2) is 4.98 Å². The van der Waals surface area contributed by atoms with Crippen LogP contribution in [0.1, 0.15) is 90.3 Å². The molecule has 2 rings (SSSR count). The van der Waals surface area contributed by atoms with E-state index < -0.39 is 0 Å². The van der Waals surface area contributed by atoms with Gasteiger partial charge in [-0.1, -0.05) is 84.4 Å². The number of pyridine rings is 1. The molecule has 26 heavy (non-hydrogen) atoms. The van der Waals surface area contributed by atoms with E-state index in [-0.39, 0.29) is 0 Å². The van der Waals surface area contributed by atoms with E-state index in [4.69, 9.17) is 4.98 Å². The van der Waals surface area contributed by atoms with Gasteiger partial charge in [0.05, 0.1) is 5.52 Å². The van der Waals surface area contributed by atoms with E-state index in [1.165, 1.54) is 79.9 Å². The molecular formula is C25H39N. The van der Waals surface area contributed by atoms with Crippen LogP contribution in [0.3, 0.4) is 0 Å². The van der Waals surface area contributed by atoms with Crippen LogP contribution in [0.25, 0.3) is 10.9 Å². The number of nitrogens with zero attached hydrogens (tertiary/aromatic N) is 1. The molecule has 144 valence electrons. The van der Waals surface area contributed by atoms with Crippen molar-refractivity contribution in [3.63, 3.8) is 0 Å². The van der Waals surface area contributed by atoms with Gasteiger partial charge in [0.15, 0.2) is 0 Å². The van der Waals surface area contributed by atoms with Gasteiger partial charge in [0.25, 0.3) is 0 Å². The van der Waals surface area contributed by atoms with Crippen LogP contribution in [-0.2, 0) is 12.8 Å². The second-order valence-electron chi connectivity index (χ2n) is 8.77. The quantitative estimate of drug-likeness (QED) is 0.355. The third-order valence-electron chi connectivity index (χ3n) is 5.32. The third kappa shape index (κ3) is 7.48. The van der Waals surface area contributed by atoms with Gasteiger partial charge in [-0.2, -0.15) is 0 Å². The SMILES string of the molecule is CC(C)CCCCCc1ccc2c(CCCCCC(C)C)cccc2n1. The summed E-state index contributed by atoms with van der Waals surface area (Å²) in [7, 11) is 0. The third-order valence-corrected chi connectivity index (χ3v) is 5.32. The highest BCUT2D eigenvalue weighted by atomic mass is 14.7. The molecular weight excluding hydrogens is 314 g/mol. The van der Waals surface area contributed by atoms with Crippen LogP contribution in [0, 0.1) is 11.8 Å². The second-order valence-corrected chi connectivity index (χ2v) is 8.77. The summed E-state index contributed by atoms with van der Waals surface area (Å²) in [5.74, 6) is 1.66. The fraction of sp³-hybridized carbons (Fsp3) is 0.640. The van der Waals surface area contributed by atoms with Crippen molar-refractivity contribution in [1.82, 2.24) is 4.98 Å². The van der Waals surface area contributed by atoms with Gasteiger partial charge >= 0.3 is 0 Å². The maximum Gasteiger partial charge on any atom is 0.0708 e. The Labute approximate surface area is 161 Å². The predicted octanol–water partition coefficient (Wildman–Crippen LogP) is 7.75. The molecule has 1 aromatic carbocycles. The lowest BCUT2D eigenvalue weighted by molar-refractivity contribution is 0.526. The van der Waals surface area contributed by atoms with Crippen molar-refractivity contribution in [2.24, 2.45) is 11.8 Å². The number of unbranched alkanes of at least 4 members (excludes halogenated alkanes) is 4. The molecule has 0 fully saturated rings. The number of benzene rings is 1. The smallest absolute Gasteiger partial charge is 0.0708 e. The number of aryl methyl sites for hydroxylation is 2. The average molecular weight is 354 g/mol. The van der Waals surface area contributed by atoms with E-state index in [1.807, 2.05) is 0 Å². The molecule has 0 aliphatic heterocycles. The van der Waals surface area contributed by atoms with Crippen LogP contribution in [0.5, 0.6) is 0 Å². The molecule has 0 unspecified atom stereocenters. The summed E-state index contributed by atoms with van der Waals surface area (Å²) in [4.78, 5) is 4.94. The number of rotatable bonds is 12. The van der Waals surface area contributed by atoms with Gasteiger partial charge < -0.3 is 0 Å². The van der Waals surface area contributed by atoms with Crippen molar-refractivity contribution in [2.75, 3.05) is 0 Å². The first-order valence-electron chi connectivity index (χ1n) is 10.9. The van der Waals surface area contributed by atoms with Crippen molar-refractivity contribution in [3.05, 3.63) is 41.6 Å². The predicted molar refractivity (Wildman–Crippen MR) is 116 cm³/mol. The highest BCUT2D eigenvalue weighted by Crippen LogP contribution is 2.21. The first-order valence-corrected chi connectivity index (χ1v) is 10.9. The Morgan fingerprint density at radius 3 is 2.00 bits per heavy atom. The van der Waals surface area contributed by atoms with Gasteiger partial charge in [-0.3, -0.25) is 4.98 Å². The van der Waals surface area contributed by atoms with E-state index in [0.29, 0.717) is 0 Å². The van der Waals surface area contributed by atoms with Crippen molar-refractivity contribution in [2.45, 2.75) is 91.9 Å². The van der Waals surface area contributed by atoms with Gasteiger partial charge in [-0.25, -0.2) is 0 Å². The molecule has 0 N–H and O–H groups in total. The Balaban J connectivity index is 1.85. The van der Waals surface area contributed by atoms with Crippen LogP contribution in [0.2, 0.25) is 0 Å². The van der Waals surface area contributed by atoms with Crippen LogP contribution >= 0.6 is 0 Å². The standard InChI is InChI=1S/C25H39N/c1-20(2)12-7-5-9-14-22-15-11-17-25-24(22)19-18-23(26-25)16-10-6-8-13-21(3)4/h11,15,17-21H,5-10,12-14,16H2,1-4H3. The zero-order valence-corrected chi connectivity index (χ0v) is 17.6. The van der Waals surface area contributed by atoms with E-state index >= 15 is 0 Å². The molecule has 0 aliphatic carbocycles. The number of fused-ring (bicyclic) bond motifs is 1. The molecule has 2 aromatic rings. The molecule has 0 radical (unpaired) electrons. The fourth-order valence-electron chi connectivity index (χ4n) is 3.70. The minimum atomic E-state index is 0.831. The molecule has 1 heteroatoms. The molecule has 1 heterocycles. The maximum absolute atomic E-state index is 4.94. The van der Waals surface area contributed by atoms with Gasteiger partial charge in [-0.05, 0) is 55.2 Å². The van der Waals surface area contributed by atoms with Crippen LogP contribution < -0.4 is 0 Å². The second kappa shape index (κ2) is 11.4. The number of hydrogen-bond donors (Lipinski definition) is 0. The summed E-state index contributed by atoms with van der Waals surface area (Å²) in [6, 6.07) is 11.2. The van der Waals surface area contributed by atoms with Gasteiger partial charge in [-0.15, -0.1) is 0 Å². The molecule has 0 atom stereocenters. The molecule has 0 bridgehead atoms. The molecule has 0 saturated heterocycles. The summed E-state index contributed by atoms with van der Waals surface area (Å²) in [5, 5.41) is 1.36. The maximum atomic E-state index is 4.94. The molecule has 0 aliphatic rings. The summed E-state index contributed by atoms with van der Waals surface area (Å²) in [5.41, 5.74) is 3.92. The lowest BCUT2D eigenvalue weighted by Crippen LogP contribution is -1.95. The van der Waals surface area contributed by atoms with Gasteiger partial charge in [0.2, 0.25) is 0 Å². The van der Waals surface area contributed by atoms with E-state index in [9.17, 15) is 0 Å². The molecule has 1 aromatic heterocycles.